The van der Waals surface area contributed by atoms with Gasteiger partial charge in [0.25, 0.3) is 17.7 Å². The Morgan fingerprint density at radius 2 is 1.72 bits per heavy atom. The zero-order valence-electron chi connectivity index (χ0n) is 14.0. The van der Waals surface area contributed by atoms with Crippen molar-refractivity contribution in [2.45, 2.75) is 0 Å². The van der Waals surface area contributed by atoms with Crippen LogP contribution in [0.4, 0.5) is 11.4 Å². The first-order chi connectivity index (χ1) is 11.8. The van der Waals surface area contributed by atoms with Crippen LogP contribution in [0.2, 0.25) is 5.02 Å². The number of amides is 3. The van der Waals surface area contributed by atoms with E-state index in [9.17, 15) is 14.4 Å². The molecule has 0 aliphatic carbocycles. The highest BCUT2D eigenvalue weighted by Crippen LogP contribution is 2.29. The molecule has 1 N–H and O–H groups in total. The molecule has 1 aliphatic rings. The lowest BCUT2D eigenvalue weighted by atomic mass is 10.1. The lowest BCUT2D eigenvalue weighted by Crippen LogP contribution is -2.24. The molecular formula is C18H16ClN3O3. The van der Waals surface area contributed by atoms with Crippen molar-refractivity contribution in [1.82, 2.24) is 4.90 Å². The van der Waals surface area contributed by atoms with Crippen molar-refractivity contribution in [1.29, 1.82) is 0 Å². The van der Waals surface area contributed by atoms with E-state index < -0.39 is 5.91 Å². The average Bonchev–Trinajstić information content (AvgIpc) is 2.79. The maximum atomic E-state index is 12.6. The molecule has 0 aromatic heterocycles. The van der Waals surface area contributed by atoms with Gasteiger partial charge in [-0.15, -0.1) is 0 Å². The van der Waals surface area contributed by atoms with Crippen molar-refractivity contribution in [2.75, 3.05) is 31.4 Å². The largest absolute Gasteiger partial charge is 0.376 e. The van der Waals surface area contributed by atoms with Crippen LogP contribution in [0.5, 0.6) is 0 Å². The highest BCUT2D eigenvalue weighted by molar-refractivity contribution is 6.31. The molecular weight excluding hydrogens is 342 g/mol. The van der Waals surface area contributed by atoms with E-state index in [-0.39, 0.29) is 17.4 Å². The fourth-order valence-electron chi connectivity index (χ4n) is 2.70. The second-order valence-corrected chi connectivity index (χ2v) is 6.38. The SMILES string of the molecule is CN1C(=O)c2ccc(C(=O)Nc3cc(Cl)ccc3N(C)C)cc2C1=O. The van der Waals surface area contributed by atoms with E-state index in [1.807, 2.05) is 19.0 Å². The second-order valence-electron chi connectivity index (χ2n) is 5.94. The third-order valence-electron chi connectivity index (χ3n) is 4.04. The summed E-state index contributed by atoms with van der Waals surface area (Å²) >= 11 is 6.02. The van der Waals surface area contributed by atoms with Crippen LogP contribution in [-0.4, -0.2) is 43.8 Å². The van der Waals surface area contributed by atoms with Crippen molar-refractivity contribution in [2.24, 2.45) is 0 Å². The summed E-state index contributed by atoms with van der Waals surface area (Å²) in [5.41, 5.74) is 2.19. The quantitative estimate of drug-likeness (QED) is 0.857. The minimum atomic E-state index is -0.411. The van der Waals surface area contributed by atoms with E-state index >= 15 is 0 Å². The number of carbonyl (C=O) groups is 3. The first-order valence-corrected chi connectivity index (χ1v) is 7.92. The Morgan fingerprint density at radius 3 is 2.40 bits per heavy atom. The predicted molar refractivity (Wildman–Crippen MR) is 96.6 cm³/mol. The molecule has 0 spiro atoms. The maximum absolute atomic E-state index is 12.6. The van der Waals surface area contributed by atoms with Crippen LogP contribution >= 0.6 is 11.6 Å². The molecule has 0 fully saturated rings. The van der Waals surface area contributed by atoms with Gasteiger partial charge in [-0.1, -0.05) is 11.6 Å². The summed E-state index contributed by atoms with van der Waals surface area (Å²) in [5.74, 6) is -1.16. The number of hydrogen-bond donors (Lipinski definition) is 1. The monoisotopic (exact) mass is 357 g/mol. The smallest absolute Gasteiger partial charge is 0.261 e. The highest BCUT2D eigenvalue weighted by Gasteiger charge is 2.33. The molecule has 3 amide bonds. The van der Waals surface area contributed by atoms with Crippen molar-refractivity contribution >= 4 is 40.7 Å². The van der Waals surface area contributed by atoms with Crippen LogP contribution in [0.1, 0.15) is 31.1 Å². The number of nitrogens with one attached hydrogen (secondary N) is 1. The number of halogens is 1. The van der Waals surface area contributed by atoms with Gasteiger partial charge in [-0.25, -0.2) is 0 Å². The van der Waals surface area contributed by atoms with Gasteiger partial charge in [0.1, 0.15) is 0 Å². The van der Waals surface area contributed by atoms with Crippen LogP contribution in [0.3, 0.4) is 0 Å². The molecule has 0 unspecified atom stereocenters. The number of nitrogens with zero attached hydrogens (tertiary/aromatic N) is 2. The molecule has 1 aliphatic heterocycles. The van der Waals surface area contributed by atoms with Crippen molar-refractivity contribution in [3.8, 4) is 0 Å². The van der Waals surface area contributed by atoms with Gasteiger partial charge in [-0.05, 0) is 36.4 Å². The van der Waals surface area contributed by atoms with Crippen molar-refractivity contribution in [3.63, 3.8) is 0 Å². The molecule has 0 bridgehead atoms. The summed E-state index contributed by atoms with van der Waals surface area (Å²) in [6.07, 6.45) is 0. The summed E-state index contributed by atoms with van der Waals surface area (Å²) in [4.78, 5) is 39.5. The molecule has 2 aromatic rings. The Bertz CT molecular complexity index is 908. The van der Waals surface area contributed by atoms with E-state index in [0.717, 1.165) is 10.6 Å². The zero-order valence-corrected chi connectivity index (χ0v) is 14.7. The molecule has 0 saturated carbocycles. The molecule has 3 rings (SSSR count). The van der Waals surface area contributed by atoms with Crippen LogP contribution in [-0.2, 0) is 0 Å². The molecule has 1 heterocycles. The van der Waals surface area contributed by atoms with E-state index in [2.05, 4.69) is 5.32 Å². The van der Waals surface area contributed by atoms with Crippen LogP contribution < -0.4 is 10.2 Å². The number of anilines is 2. The maximum Gasteiger partial charge on any atom is 0.261 e. The third-order valence-corrected chi connectivity index (χ3v) is 4.28. The fourth-order valence-corrected chi connectivity index (χ4v) is 2.87. The summed E-state index contributed by atoms with van der Waals surface area (Å²) in [6, 6.07) is 9.66. The van der Waals surface area contributed by atoms with Crippen molar-refractivity contribution in [3.05, 3.63) is 58.1 Å². The number of benzene rings is 2. The van der Waals surface area contributed by atoms with Gasteiger partial charge in [0.05, 0.1) is 22.5 Å². The number of rotatable bonds is 3. The standard InChI is InChI=1S/C18H16ClN3O3/c1-21(2)15-7-5-11(19)9-14(15)20-16(23)10-4-6-12-13(8-10)18(25)22(3)17(12)24/h4-9H,1-3H3,(H,20,23). The Balaban J connectivity index is 1.93. The molecule has 6 nitrogen and oxygen atoms in total. The average molecular weight is 358 g/mol. The molecule has 2 aromatic carbocycles. The van der Waals surface area contributed by atoms with Gasteiger partial charge in [-0.3, -0.25) is 19.3 Å². The van der Waals surface area contributed by atoms with Gasteiger partial charge in [0.2, 0.25) is 0 Å². The Morgan fingerprint density at radius 1 is 1.04 bits per heavy atom. The van der Waals surface area contributed by atoms with E-state index in [4.69, 9.17) is 11.6 Å². The second kappa shape index (κ2) is 6.22. The molecule has 0 saturated heterocycles. The minimum absolute atomic E-state index is 0.235. The summed E-state index contributed by atoms with van der Waals surface area (Å²) < 4.78 is 0. The third kappa shape index (κ3) is 2.96. The number of hydrogen-bond acceptors (Lipinski definition) is 4. The summed E-state index contributed by atoms with van der Waals surface area (Å²) in [7, 11) is 5.13. The number of imide groups is 1. The number of carbonyl (C=O) groups excluding carboxylic acids is 3. The van der Waals surface area contributed by atoms with Crippen LogP contribution in [0.25, 0.3) is 0 Å². The van der Waals surface area contributed by atoms with E-state index in [0.29, 0.717) is 21.8 Å². The number of fused-ring (bicyclic) bond motifs is 1. The molecule has 7 heteroatoms. The Labute approximate surface area is 150 Å². The Hall–Kier alpha value is -2.86. The van der Waals surface area contributed by atoms with Gasteiger partial charge in [-0.2, -0.15) is 0 Å². The summed E-state index contributed by atoms with van der Waals surface area (Å²) in [5, 5.41) is 3.30. The highest BCUT2D eigenvalue weighted by atomic mass is 35.5. The van der Waals surface area contributed by atoms with Gasteiger partial charge >= 0.3 is 0 Å². The molecule has 25 heavy (non-hydrogen) atoms. The minimum Gasteiger partial charge on any atom is -0.376 e. The lowest BCUT2D eigenvalue weighted by Gasteiger charge is -2.18. The first-order valence-electron chi connectivity index (χ1n) is 7.54. The van der Waals surface area contributed by atoms with E-state index in [1.165, 1.54) is 25.2 Å². The van der Waals surface area contributed by atoms with Gasteiger partial charge in [0.15, 0.2) is 0 Å². The molecule has 128 valence electrons. The molecule has 0 atom stereocenters. The van der Waals surface area contributed by atoms with Crippen LogP contribution in [0.15, 0.2) is 36.4 Å². The van der Waals surface area contributed by atoms with Gasteiger partial charge in [0, 0.05) is 31.7 Å². The van der Waals surface area contributed by atoms with Crippen molar-refractivity contribution < 1.29 is 14.4 Å². The normalized spacial score (nSPS) is 13.0. The summed E-state index contributed by atoms with van der Waals surface area (Å²) in [6.45, 7) is 0. The predicted octanol–water partition coefficient (Wildman–Crippen LogP) is 2.88. The zero-order chi connectivity index (χ0) is 18.3. The Kier molecular flexibility index (Phi) is 4.22. The van der Waals surface area contributed by atoms with Gasteiger partial charge < -0.3 is 10.2 Å². The molecule has 0 radical (unpaired) electrons. The van der Waals surface area contributed by atoms with Crippen LogP contribution in [0, 0.1) is 0 Å². The topological polar surface area (TPSA) is 69.7 Å². The van der Waals surface area contributed by atoms with E-state index in [1.54, 1.807) is 18.2 Å². The lowest BCUT2D eigenvalue weighted by molar-refractivity contribution is 0.0693. The fraction of sp³-hybridized carbons (Fsp3) is 0.167. The first kappa shape index (κ1) is 17.0.